The summed E-state index contributed by atoms with van der Waals surface area (Å²) in [6.45, 7) is 4.06. The minimum atomic E-state index is -5.59. The number of primary amides is 2. The smallest absolute Gasteiger partial charge is 0.716 e. The van der Waals surface area contributed by atoms with Crippen LogP contribution in [0, 0.1) is 11.8 Å². The average molecular weight is 1290 g/mol. The van der Waals surface area contributed by atoms with E-state index < -0.39 is 198 Å². The van der Waals surface area contributed by atoms with E-state index in [9.17, 15) is 97.3 Å². The predicted molar refractivity (Wildman–Crippen MR) is 303 cm³/mol. The second-order valence-electron chi connectivity index (χ2n) is 22.3. The molecular formula is C57H71N8NaO23S. The van der Waals surface area contributed by atoms with Crippen LogP contribution in [0.25, 0.3) is 22.6 Å². The summed E-state index contributed by atoms with van der Waals surface area (Å²) in [6, 6.07) is 6.88. The van der Waals surface area contributed by atoms with Gasteiger partial charge >= 0.3 is 29.6 Å². The van der Waals surface area contributed by atoms with Crippen LogP contribution in [-0.4, -0.2) is 219 Å². The number of hydrogen-bond acceptors (Lipinski definition) is 24. The second kappa shape index (κ2) is 30.8. The average Bonchev–Trinajstić information content (AvgIpc) is 1.81. The van der Waals surface area contributed by atoms with Gasteiger partial charge in [-0.2, -0.15) is 0 Å². The zero-order chi connectivity index (χ0) is 65.5. The molecule has 31 nitrogen and oxygen atoms in total. The topological polar surface area (TPSA) is 506 Å². The van der Waals surface area contributed by atoms with Crippen LogP contribution in [0.1, 0.15) is 87.7 Å². The molecule has 0 saturated carbocycles. The van der Waals surface area contributed by atoms with Crippen molar-refractivity contribution in [1.82, 2.24) is 30.5 Å². The van der Waals surface area contributed by atoms with Gasteiger partial charge in [0.05, 0.1) is 43.4 Å². The standard InChI is InChI=1S/C57H72N8O23S.Na/c1-4-5-6-17-86-33-14-11-29(12-15-33)42-21-35(62-87-42)28-7-9-30(10-8-28)54(79)65-37(22-41(71)56(65)81)53(78)60-45(27(3)66)57(82)63-25-32(67)19-36(63)52(77)61-46(50(75)49(74)31-13-16-38(68)43(18-31)88-89(83,84)85)40(70)20-34(39(69)23-44(58)72)55(80)64-24-26(2)48(73)47(64)51(59)76;/h7-16,18,21,26-27,32,34,36-37,39,41,45-50,56,66-69,71,73-75,81H,4-6,17,19-20,22-25H2,1-3H3,(H2,58,72)(H2,59,76)(H,60,78)(H,61,77)(H,83,84,85);/q;+1/p-1/t26-,27+,32+,34-,36-,37-,39+,41+,45-,46+,47-,48-,49-,50-,56?;/m0./s1. The molecule has 0 spiro atoms. The van der Waals surface area contributed by atoms with Gasteiger partial charge in [-0.05, 0) is 67.4 Å². The normalized spacial score (nSPS) is 23.1. The number of aromatic hydroxyl groups is 1. The van der Waals surface area contributed by atoms with E-state index in [4.69, 9.17) is 20.7 Å². The molecule has 3 aromatic carbocycles. The first-order chi connectivity index (χ1) is 41.9. The van der Waals surface area contributed by atoms with Crippen molar-refractivity contribution in [2.24, 2.45) is 23.3 Å². The molecule has 1 aromatic heterocycles. The summed E-state index contributed by atoms with van der Waals surface area (Å²) in [7, 11) is -5.59. The minimum Gasteiger partial charge on any atom is -0.716 e. The third kappa shape index (κ3) is 17.0. The zero-order valence-electron chi connectivity index (χ0n) is 49.3. The van der Waals surface area contributed by atoms with Crippen molar-refractivity contribution in [3.05, 3.63) is 83.9 Å². The molecule has 7 amide bonds. The molecule has 4 heterocycles. The van der Waals surface area contributed by atoms with Crippen molar-refractivity contribution in [2.75, 3.05) is 19.7 Å². The summed E-state index contributed by atoms with van der Waals surface area (Å²) in [4.78, 5) is 113. The van der Waals surface area contributed by atoms with Crippen molar-refractivity contribution in [3.8, 4) is 39.8 Å². The van der Waals surface area contributed by atoms with Crippen molar-refractivity contribution in [3.63, 3.8) is 0 Å². The number of β-amino-alcohol motifs (C(OH)–C–C–N with tert-alkyl or cyclic N) is 1. The Bertz CT molecular complexity index is 3360. The number of Topliss-reactive ketones (excluding diaryl/α,β-unsaturated/α-hetero) is 1. The van der Waals surface area contributed by atoms with Crippen LogP contribution in [0.5, 0.6) is 17.2 Å². The molecule has 0 radical (unpaired) electrons. The van der Waals surface area contributed by atoms with Crippen LogP contribution in [0.4, 0.5) is 0 Å². The van der Waals surface area contributed by atoms with Gasteiger partial charge in [0.25, 0.3) is 16.3 Å². The molecule has 3 aliphatic rings. The van der Waals surface area contributed by atoms with Crippen LogP contribution < -0.4 is 60.6 Å². The first-order valence-electron chi connectivity index (χ1n) is 28.3. The third-order valence-electron chi connectivity index (χ3n) is 15.7. The Morgan fingerprint density at radius 2 is 1.43 bits per heavy atom. The number of rotatable bonds is 27. The first kappa shape index (κ1) is 71.9. The Morgan fingerprint density at radius 1 is 0.800 bits per heavy atom. The van der Waals surface area contributed by atoms with Gasteiger partial charge in [-0.1, -0.05) is 50.0 Å². The quantitative estimate of drug-likeness (QED) is 0.0114. The van der Waals surface area contributed by atoms with E-state index in [-0.39, 0.29) is 41.7 Å². The molecule has 0 aliphatic carbocycles. The second-order valence-corrected chi connectivity index (χ2v) is 23.2. The van der Waals surface area contributed by atoms with E-state index in [2.05, 4.69) is 26.9 Å². The number of aliphatic hydroxyl groups excluding tert-OH is 8. The van der Waals surface area contributed by atoms with Crippen molar-refractivity contribution in [1.29, 1.82) is 0 Å². The number of ketones is 1. The number of nitrogens with zero attached hydrogens (tertiary/aromatic N) is 4. The van der Waals surface area contributed by atoms with Gasteiger partial charge in [0.15, 0.2) is 29.3 Å². The fourth-order valence-electron chi connectivity index (χ4n) is 10.9. The monoisotopic (exact) mass is 1290 g/mol. The SMILES string of the molecule is CCCCCOc1ccc(-c2cc(-c3ccc(C(=O)N4C(O)[C@H](O)C[C@H]4C(=O)N[C@H](C(=O)N4C[C@H](O)C[C@H]4C(=O)N[C@H](C(=O)C[C@H](C(=O)N4C[C@H](C)[C@H](O)[C@H]4C(N)=O)[C@H](O)CC(N)=O)[C@H](O)[C@@H](O)c4ccc(O)c(OS(=O)(=O)[O-])c4)[C@@H](C)O)cc3)no2)cc1.[Na+]. The van der Waals surface area contributed by atoms with E-state index in [0.717, 1.165) is 37.2 Å². The molecule has 3 fully saturated rings. The Balaban J connectivity index is 0.0000129. The number of phenols is 1. The van der Waals surface area contributed by atoms with Crippen molar-refractivity contribution >= 4 is 57.5 Å². The molecule has 7 rings (SSSR count). The number of nitrogens with two attached hydrogens (primary N) is 2. The van der Waals surface area contributed by atoms with E-state index in [0.29, 0.717) is 56.9 Å². The van der Waals surface area contributed by atoms with E-state index in [1.54, 1.807) is 18.2 Å². The summed E-state index contributed by atoms with van der Waals surface area (Å²) >= 11 is 0. The van der Waals surface area contributed by atoms with E-state index >= 15 is 0 Å². The summed E-state index contributed by atoms with van der Waals surface area (Å²) in [6.07, 6.45) is -16.4. The number of aliphatic hydroxyl groups is 8. The molecule has 15 atom stereocenters. The number of phenolic OH excluding ortho intramolecular Hbond substituents is 1. The molecule has 33 heteroatoms. The van der Waals surface area contributed by atoms with Gasteiger partial charge in [-0.3, -0.25) is 43.3 Å². The van der Waals surface area contributed by atoms with Crippen molar-refractivity contribution in [2.45, 2.75) is 145 Å². The van der Waals surface area contributed by atoms with Crippen LogP contribution in [0.3, 0.4) is 0 Å². The first-order valence-corrected chi connectivity index (χ1v) is 29.6. The Labute approximate surface area is 537 Å². The molecule has 4 aromatic rings. The van der Waals surface area contributed by atoms with E-state index in [1.807, 2.05) is 12.1 Å². The Morgan fingerprint density at radius 3 is 2.04 bits per heavy atom. The number of likely N-dealkylation sites (tertiary alicyclic amines) is 3. The number of ether oxygens (including phenoxy) is 1. The molecule has 0 bridgehead atoms. The number of nitrogens with one attached hydrogen (secondary N) is 2. The van der Waals surface area contributed by atoms with Gasteiger partial charge in [0.2, 0.25) is 35.4 Å². The van der Waals surface area contributed by atoms with Crippen LogP contribution in [0.15, 0.2) is 77.3 Å². The maximum Gasteiger partial charge on any atom is 1.00 e. The zero-order valence-corrected chi connectivity index (χ0v) is 52.1. The molecule has 90 heavy (non-hydrogen) atoms. The van der Waals surface area contributed by atoms with Gasteiger partial charge in [-0.15, -0.1) is 0 Å². The molecule has 3 aliphatic heterocycles. The number of carbonyl (C=O) groups excluding carboxylic acids is 8. The summed E-state index contributed by atoms with van der Waals surface area (Å²) in [5, 5.41) is 108. The fraction of sp³-hybridized carbons (Fsp3) is 0.491. The number of unbranched alkanes of at least 4 members (excludes halogenated alkanes) is 2. The molecule has 3 saturated heterocycles. The fourth-order valence-corrected chi connectivity index (χ4v) is 11.3. The third-order valence-corrected chi connectivity index (χ3v) is 16.1. The molecule has 484 valence electrons. The number of carbonyl (C=O) groups is 8. The van der Waals surface area contributed by atoms with Gasteiger partial charge in [0.1, 0.15) is 60.0 Å². The maximum atomic E-state index is 14.6. The van der Waals surface area contributed by atoms with Gasteiger partial charge in [-0.25, -0.2) is 8.42 Å². The predicted octanol–water partition coefficient (Wildman–Crippen LogP) is -6.07. The summed E-state index contributed by atoms with van der Waals surface area (Å²) < 4.78 is 49.9. The molecular weight excluding hydrogens is 1220 g/mol. The number of amides is 7. The summed E-state index contributed by atoms with van der Waals surface area (Å²) in [5.41, 5.74) is 11.7. The largest absolute Gasteiger partial charge is 1.00 e. The Hall–Kier alpha value is -7.18. The maximum absolute atomic E-state index is 14.6. The molecule has 1 unspecified atom stereocenters. The number of benzene rings is 3. The van der Waals surface area contributed by atoms with Gasteiger partial charge in [0, 0.05) is 61.0 Å². The minimum absolute atomic E-state index is 0. The molecule has 15 N–H and O–H groups in total. The number of hydrogen-bond donors (Lipinski definition) is 13. The van der Waals surface area contributed by atoms with Crippen LogP contribution in [-0.2, 0) is 44.0 Å². The number of aromatic nitrogens is 1. The van der Waals surface area contributed by atoms with Crippen LogP contribution in [0.2, 0.25) is 0 Å². The summed E-state index contributed by atoms with van der Waals surface area (Å²) in [5.74, 6) is -13.8. The van der Waals surface area contributed by atoms with Gasteiger partial charge < -0.3 is 95.9 Å². The van der Waals surface area contributed by atoms with Crippen molar-refractivity contribution < 1.29 is 140 Å². The van der Waals surface area contributed by atoms with E-state index in [1.165, 1.54) is 31.2 Å². The Kier molecular flexibility index (Phi) is 24.6. The van der Waals surface area contributed by atoms with Crippen LogP contribution >= 0.6 is 0 Å².